The second-order valence-corrected chi connectivity index (χ2v) is 5.34. The Morgan fingerprint density at radius 1 is 1.25 bits per heavy atom. The highest BCUT2D eigenvalue weighted by Crippen LogP contribution is 2.24. The van der Waals surface area contributed by atoms with Crippen LogP contribution in [0.15, 0.2) is 46.9 Å². The number of hydrogen-bond acceptors (Lipinski definition) is 2. The van der Waals surface area contributed by atoms with Crippen molar-refractivity contribution in [2.45, 2.75) is 13.0 Å². The number of anilines is 1. The first-order chi connectivity index (χ1) is 9.47. The summed E-state index contributed by atoms with van der Waals surface area (Å²) in [4.78, 5) is 11.4. The fourth-order valence-electron chi connectivity index (χ4n) is 1.91. The first-order valence-electron chi connectivity index (χ1n) is 5.98. The third-order valence-corrected chi connectivity index (χ3v) is 3.48. The minimum absolute atomic E-state index is 0.417. The number of benzene rings is 2. The zero-order chi connectivity index (χ0) is 14.7. The maximum atomic E-state index is 13.3. The summed E-state index contributed by atoms with van der Waals surface area (Å²) in [6.07, 6.45) is 0. The van der Waals surface area contributed by atoms with Gasteiger partial charge in [-0.3, -0.25) is 0 Å². The molecule has 3 nitrogen and oxygen atoms in total. The van der Waals surface area contributed by atoms with Crippen molar-refractivity contribution in [1.82, 2.24) is 0 Å². The molecule has 0 heterocycles. The third-order valence-electron chi connectivity index (χ3n) is 2.95. The monoisotopic (exact) mass is 337 g/mol. The highest BCUT2D eigenvalue weighted by molar-refractivity contribution is 9.10. The molecule has 0 radical (unpaired) electrons. The predicted molar refractivity (Wildman–Crippen MR) is 79.3 cm³/mol. The summed E-state index contributed by atoms with van der Waals surface area (Å²) >= 11 is 3.31. The lowest BCUT2D eigenvalue weighted by atomic mass is 10.0. The number of carboxylic acid groups (broad SMARTS) is 1. The minimum atomic E-state index is -1.05. The van der Waals surface area contributed by atoms with Crippen molar-refractivity contribution in [3.8, 4) is 0 Å². The van der Waals surface area contributed by atoms with Crippen LogP contribution in [-0.2, 0) is 4.79 Å². The summed E-state index contributed by atoms with van der Waals surface area (Å²) in [6.45, 7) is 1.76. The molecule has 0 bridgehead atoms. The summed E-state index contributed by atoms with van der Waals surface area (Å²) in [5, 5.41) is 12.3. The van der Waals surface area contributed by atoms with Gasteiger partial charge >= 0.3 is 5.97 Å². The molecule has 0 saturated carbocycles. The first kappa shape index (κ1) is 14.5. The van der Waals surface area contributed by atoms with Crippen LogP contribution in [0.3, 0.4) is 0 Å². The lowest BCUT2D eigenvalue weighted by Crippen LogP contribution is -2.21. The number of nitrogens with one attached hydrogen (secondary N) is 1. The van der Waals surface area contributed by atoms with E-state index in [1.54, 1.807) is 37.3 Å². The molecule has 0 aliphatic carbocycles. The highest BCUT2D eigenvalue weighted by Gasteiger charge is 2.22. The van der Waals surface area contributed by atoms with Crippen molar-refractivity contribution >= 4 is 27.6 Å². The van der Waals surface area contributed by atoms with E-state index in [2.05, 4.69) is 21.2 Å². The van der Waals surface area contributed by atoms with Crippen LogP contribution >= 0.6 is 15.9 Å². The standard InChI is InChI=1S/C15H13BrFNO2/c1-9-2-5-11(17)8-13(9)14(15(19)20)18-12-6-3-10(16)4-7-12/h2-8,14,18H,1H3,(H,19,20). The van der Waals surface area contributed by atoms with Crippen LogP contribution in [0.2, 0.25) is 0 Å². The molecule has 1 atom stereocenters. The van der Waals surface area contributed by atoms with Crippen LogP contribution in [0.1, 0.15) is 17.2 Å². The van der Waals surface area contributed by atoms with E-state index in [-0.39, 0.29) is 0 Å². The van der Waals surface area contributed by atoms with E-state index in [1.165, 1.54) is 12.1 Å². The lowest BCUT2D eigenvalue weighted by Gasteiger charge is -2.18. The van der Waals surface area contributed by atoms with Gasteiger partial charge in [-0.25, -0.2) is 9.18 Å². The zero-order valence-corrected chi connectivity index (χ0v) is 12.3. The van der Waals surface area contributed by atoms with Gasteiger partial charge in [-0.2, -0.15) is 0 Å². The van der Waals surface area contributed by atoms with Gasteiger partial charge in [0.05, 0.1) is 0 Å². The average Bonchev–Trinajstić information content (AvgIpc) is 2.41. The Hall–Kier alpha value is -1.88. The van der Waals surface area contributed by atoms with Crippen molar-refractivity contribution in [2.75, 3.05) is 5.32 Å². The van der Waals surface area contributed by atoms with Crippen LogP contribution in [0.4, 0.5) is 10.1 Å². The molecule has 104 valence electrons. The lowest BCUT2D eigenvalue weighted by molar-refractivity contribution is -0.138. The van der Waals surface area contributed by atoms with E-state index in [9.17, 15) is 14.3 Å². The molecule has 2 aromatic carbocycles. The van der Waals surface area contributed by atoms with Crippen LogP contribution in [0, 0.1) is 12.7 Å². The smallest absolute Gasteiger partial charge is 0.330 e. The molecule has 0 aliphatic heterocycles. The Labute approximate surface area is 124 Å². The van der Waals surface area contributed by atoms with Gasteiger partial charge in [0.1, 0.15) is 5.82 Å². The van der Waals surface area contributed by atoms with Gasteiger partial charge in [-0.1, -0.05) is 22.0 Å². The number of aryl methyl sites for hydroxylation is 1. The first-order valence-corrected chi connectivity index (χ1v) is 6.77. The second-order valence-electron chi connectivity index (χ2n) is 4.42. The summed E-state index contributed by atoms with van der Waals surface area (Å²) in [5.74, 6) is -1.50. The van der Waals surface area contributed by atoms with Crippen LogP contribution in [0.5, 0.6) is 0 Å². The van der Waals surface area contributed by atoms with E-state index >= 15 is 0 Å². The van der Waals surface area contributed by atoms with E-state index in [0.29, 0.717) is 11.3 Å². The predicted octanol–water partition coefficient (Wildman–Crippen LogP) is 4.13. The van der Waals surface area contributed by atoms with Gasteiger partial charge in [0.25, 0.3) is 0 Å². The molecule has 2 rings (SSSR count). The van der Waals surface area contributed by atoms with Gasteiger partial charge in [-0.05, 0) is 54.4 Å². The largest absolute Gasteiger partial charge is 0.479 e. The molecule has 20 heavy (non-hydrogen) atoms. The van der Waals surface area contributed by atoms with E-state index in [4.69, 9.17) is 0 Å². The van der Waals surface area contributed by atoms with Crippen molar-refractivity contribution in [2.24, 2.45) is 0 Å². The van der Waals surface area contributed by atoms with Gasteiger partial charge in [0, 0.05) is 10.2 Å². The normalized spacial score (nSPS) is 11.9. The Balaban J connectivity index is 2.34. The average molecular weight is 338 g/mol. The number of hydrogen-bond donors (Lipinski definition) is 2. The van der Waals surface area contributed by atoms with Gasteiger partial charge < -0.3 is 10.4 Å². The summed E-state index contributed by atoms with van der Waals surface area (Å²) in [5.41, 5.74) is 1.80. The Morgan fingerprint density at radius 2 is 1.90 bits per heavy atom. The SMILES string of the molecule is Cc1ccc(F)cc1C(Nc1ccc(Br)cc1)C(=O)O. The number of carboxylic acids is 1. The highest BCUT2D eigenvalue weighted by atomic mass is 79.9. The molecule has 5 heteroatoms. The van der Waals surface area contributed by atoms with Crippen molar-refractivity contribution in [3.05, 3.63) is 63.9 Å². The van der Waals surface area contributed by atoms with Crippen molar-refractivity contribution in [1.29, 1.82) is 0 Å². The maximum absolute atomic E-state index is 13.3. The van der Waals surface area contributed by atoms with E-state index in [1.807, 2.05) is 0 Å². The van der Waals surface area contributed by atoms with Gasteiger partial charge in [0.15, 0.2) is 6.04 Å². The fourth-order valence-corrected chi connectivity index (χ4v) is 2.17. The van der Waals surface area contributed by atoms with Crippen LogP contribution in [-0.4, -0.2) is 11.1 Å². The molecular weight excluding hydrogens is 325 g/mol. The summed E-state index contributed by atoms with van der Waals surface area (Å²) < 4.78 is 14.2. The molecule has 2 aromatic rings. The minimum Gasteiger partial charge on any atom is -0.479 e. The fraction of sp³-hybridized carbons (Fsp3) is 0.133. The molecule has 0 amide bonds. The molecular formula is C15H13BrFNO2. The van der Waals surface area contributed by atoms with E-state index in [0.717, 1.165) is 10.0 Å². The number of halogens is 2. The van der Waals surface area contributed by atoms with E-state index < -0.39 is 17.8 Å². The summed E-state index contributed by atoms with van der Waals surface area (Å²) in [7, 11) is 0. The number of rotatable bonds is 4. The second kappa shape index (κ2) is 6.05. The Bertz CT molecular complexity index is 628. The molecule has 1 unspecified atom stereocenters. The molecule has 0 aliphatic rings. The Morgan fingerprint density at radius 3 is 2.50 bits per heavy atom. The third kappa shape index (κ3) is 3.36. The van der Waals surface area contributed by atoms with Gasteiger partial charge in [-0.15, -0.1) is 0 Å². The molecule has 2 N–H and O–H groups in total. The molecule has 0 fully saturated rings. The summed E-state index contributed by atoms with van der Waals surface area (Å²) in [6, 6.07) is 10.3. The number of aliphatic carboxylic acids is 1. The topological polar surface area (TPSA) is 49.3 Å². The molecule has 0 saturated heterocycles. The van der Waals surface area contributed by atoms with Gasteiger partial charge in [0.2, 0.25) is 0 Å². The van der Waals surface area contributed by atoms with Crippen LogP contribution < -0.4 is 5.32 Å². The maximum Gasteiger partial charge on any atom is 0.330 e. The van der Waals surface area contributed by atoms with Crippen molar-refractivity contribution in [3.63, 3.8) is 0 Å². The molecule has 0 spiro atoms. The van der Waals surface area contributed by atoms with Crippen molar-refractivity contribution < 1.29 is 14.3 Å². The number of carbonyl (C=O) groups is 1. The Kier molecular flexibility index (Phi) is 4.39. The molecule has 0 aromatic heterocycles. The van der Waals surface area contributed by atoms with Crippen LogP contribution in [0.25, 0.3) is 0 Å². The zero-order valence-electron chi connectivity index (χ0n) is 10.7. The quantitative estimate of drug-likeness (QED) is 0.881.